The summed E-state index contributed by atoms with van der Waals surface area (Å²) in [7, 11) is 0. The Morgan fingerprint density at radius 2 is 2.00 bits per heavy atom. The zero-order valence-electron chi connectivity index (χ0n) is 12.8. The van der Waals surface area contributed by atoms with E-state index in [4.69, 9.17) is 5.73 Å². The van der Waals surface area contributed by atoms with Crippen molar-refractivity contribution in [1.29, 1.82) is 0 Å². The summed E-state index contributed by atoms with van der Waals surface area (Å²) in [4.78, 5) is 13.3. The van der Waals surface area contributed by atoms with Crippen LogP contribution in [0.3, 0.4) is 0 Å². The monoisotopic (exact) mass is 295 g/mol. The fourth-order valence-electron chi connectivity index (χ4n) is 3.75. The summed E-state index contributed by atoms with van der Waals surface area (Å²) in [6.45, 7) is 2.49. The molecule has 4 N–H and O–H groups in total. The van der Waals surface area contributed by atoms with Gasteiger partial charge in [-0.2, -0.15) is 0 Å². The van der Waals surface area contributed by atoms with Gasteiger partial charge in [0.05, 0.1) is 6.10 Å². The van der Waals surface area contributed by atoms with E-state index in [1.54, 1.807) is 4.90 Å². The molecule has 2 amide bonds. The van der Waals surface area contributed by atoms with Crippen LogP contribution in [0.15, 0.2) is 0 Å². The van der Waals surface area contributed by atoms with E-state index >= 15 is 0 Å². The molecule has 5 nitrogen and oxygen atoms in total. The van der Waals surface area contributed by atoms with Crippen LogP contribution in [0.2, 0.25) is 0 Å². The molecule has 0 radical (unpaired) electrons. The Balaban J connectivity index is 1.50. The Kier molecular flexibility index (Phi) is 4.69. The first-order valence-corrected chi connectivity index (χ1v) is 8.57. The van der Waals surface area contributed by atoms with Crippen molar-refractivity contribution in [2.24, 2.45) is 23.5 Å². The van der Waals surface area contributed by atoms with Gasteiger partial charge >= 0.3 is 6.03 Å². The molecule has 3 rings (SSSR count). The van der Waals surface area contributed by atoms with Crippen LogP contribution in [0.4, 0.5) is 4.79 Å². The minimum atomic E-state index is -0.323. The highest BCUT2D eigenvalue weighted by atomic mass is 16.3. The van der Waals surface area contributed by atoms with Crippen LogP contribution in [-0.4, -0.2) is 47.8 Å². The van der Waals surface area contributed by atoms with Gasteiger partial charge in [0.25, 0.3) is 0 Å². The Morgan fingerprint density at radius 1 is 1.24 bits per heavy atom. The molecule has 0 aromatic carbocycles. The van der Waals surface area contributed by atoms with Crippen molar-refractivity contribution in [1.82, 2.24) is 10.2 Å². The summed E-state index contributed by atoms with van der Waals surface area (Å²) < 4.78 is 0. The number of carbonyl (C=O) groups is 1. The SMILES string of the molecule is NC(=O)N1CC(CC(O)C2CC2)CC(NCC2CCC2)C1. The number of hydrogen-bond acceptors (Lipinski definition) is 3. The summed E-state index contributed by atoms with van der Waals surface area (Å²) in [5.41, 5.74) is 5.48. The third-order valence-electron chi connectivity index (χ3n) is 5.51. The molecule has 120 valence electrons. The number of amides is 2. The molecule has 3 unspecified atom stereocenters. The van der Waals surface area contributed by atoms with Crippen molar-refractivity contribution in [2.45, 2.75) is 57.1 Å². The normalized spacial score (nSPS) is 31.8. The van der Waals surface area contributed by atoms with Gasteiger partial charge in [0.2, 0.25) is 0 Å². The lowest BCUT2D eigenvalue weighted by atomic mass is 9.84. The Hall–Kier alpha value is -0.810. The molecule has 2 aliphatic carbocycles. The first kappa shape index (κ1) is 15.1. The number of rotatable bonds is 6. The van der Waals surface area contributed by atoms with Gasteiger partial charge in [-0.15, -0.1) is 0 Å². The molecule has 0 spiro atoms. The topological polar surface area (TPSA) is 78.6 Å². The van der Waals surface area contributed by atoms with E-state index in [1.165, 1.54) is 19.3 Å². The van der Waals surface area contributed by atoms with Crippen molar-refractivity contribution in [2.75, 3.05) is 19.6 Å². The average Bonchev–Trinajstić information content (AvgIpc) is 3.20. The van der Waals surface area contributed by atoms with Crippen molar-refractivity contribution in [3.63, 3.8) is 0 Å². The number of nitrogens with zero attached hydrogens (tertiary/aromatic N) is 1. The van der Waals surface area contributed by atoms with Gasteiger partial charge in [0.1, 0.15) is 0 Å². The fraction of sp³-hybridized carbons (Fsp3) is 0.938. The van der Waals surface area contributed by atoms with E-state index in [0.717, 1.165) is 44.7 Å². The first-order chi connectivity index (χ1) is 10.1. The second kappa shape index (κ2) is 6.53. The molecule has 1 heterocycles. The smallest absolute Gasteiger partial charge is 0.314 e. The summed E-state index contributed by atoms with van der Waals surface area (Å²) in [5, 5.41) is 13.8. The summed E-state index contributed by atoms with van der Waals surface area (Å²) in [5.74, 6) is 1.71. The number of aliphatic hydroxyl groups excluding tert-OH is 1. The van der Waals surface area contributed by atoms with E-state index in [1.807, 2.05) is 0 Å². The lowest BCUT2D eigenvalue weighted by Crippen LogP contribution is -2.54. The van der Waals surface area contributed by atoms with Gasteiger partial charge in [-0.25, -0.2) is 4.79 Å². The minimum Gasteiger partial charge on any atom is -0.393 e. The van der Waals surface area contributed by atoms with E-state index in [-0.39, 0.29) is 12.1 Å². The standard InChI is InChI=1S/C16H29N3O2/c17-16(21)19-9-12(7-15(20)13-4-5-13)6-14(10-19)18-8-11-2-1-3-11/h11-15,18,20H,1-10H2,(H2,17,21). The molecule has 21 heavy (non-hydrogen) atoms. The molecule has 3 fully saturated rings. The second-order valence-corrected chi connectivity index (χ2v) is 7.39. The van der Waals surface area contributed by atoms with E-state index < -0.39 is 0 Å². The number of likely N-dealkylation sites (tertiary alicyclic amines) is 1. The largest absolute Gasteiger partial charge is 0.393 e. The number of carbonyl (C=O) groups excluding carboxylic acids is 1. The molecule has 1 aliphatic heterocycles. The average molecular weight is 295 g/mol. The predicted octanol–water partition coefficient (Wildman–Crippen LogP) is 1.31. The maximum Gasteiger partial charge on any atom is 0.314 e. The van der Waals surface area contributed by atoms with E-state index in [9.17, 15) is 9.90 Å². The Labute approximate surface area is 127 Å². The molecule has 5 heteroatoms. The number of urea groups is 1. The van der Waals surface area contributed by atoms with Gasteiger partial charge in [0.15, 0.2) is 0 Å². The number of nitrogens with one attached hydrogen (secondary N) is 1. The molecule has 1 saturated heterocycles. The van der Waals surface area contributed by atoms with Gasteiger partial charge in [0, 0.05) is 19.1 Å². The predicted molar refractivity (Wildman–Crippen MR) is 81.7 cm³/mol. The summed E-state index contributed by atoms with van der Waals surface area (Å²) in [6, 6.07) is 0.0132. The van der Waals surface area contributed by atoms with Crippen LogP contribution in [0.5, 0.6) is 0 Å². The van der Waals surface area contributed by atoms with Gasteiger partial charge in [-0.3, -0.25) is 0 Å². The molecule has 0 aromatic rings. The van der Waals surface area contributed by atoms with E-state index in [0.29, 0.717) is 24.4 Å². The Bertz CT molecular complexity index is 369. The Morgan fingerprint density at radius 3 is 2.57 bits per heavy atom. The van der Waals surface area contributed by atoms with Gasteiger partial charge in [-0.1, -0.05) is 6.42 Å². The first-order valence-electron chi connectivity index (χ1n) is 8.57. The third kappa shape index (κ3) is 4.10. The van der Waals surface area contributed by atoms with Crippen LogP contribution in [0.1, 0.15) is 44.9 Å². The third-order valence-corrected chi connectivity index (χ3v) is 5.51. The zero-order chi connectivity index (χ0) is 14.8. The number of primary amides is 1. The highest BCUT2D eigenvalue weighted by molar-refractivity contribution is 5.72. The molecule has 0 bridgehead atoms. The molecule has 0 aromatic heterocycles. The number of piperidine rings is 1. The quantitative estimate of drug-likeness (QED) is 0.691. The van der Waals surface area contributed by atoms with Crippen molar-refractivity contribution in [3.8, 4) is 0 Å². The summed E-state index contributed by atoms with van der Waals surface area (Å²) in [6.07, 6.45) is 8.05. The highest BCUT2D eigenvalue weighted by Gasteiger charge is 2.35. The molecule has 3 aliphatic rings. The van der Waals surface area contributed by atoms with Crippen LogP contribution in [-0.2, 0) is 0 Å². The molecular formula is C16H29N3O2. The van der Waals surface area contributed by atoms with Gasteiger partial charge in [-0.05, 0) is 62.8 Å². The van der Waals surface area contributed by atoms with E-state index in [2.05, 4.69) is 5.32 Å². The highest BCUT2D eigenvalue weighted by Crippen LogP contribution is 2.36. The number of hydrogen-bond donors (Lipinski definition) is 3. The molecule has 2 saturated carbocycles. The van der Waals surface area contributed by atoms with Crippen molar-refractivity contribution >= 4 is 6.03 Å². The van der Waals surface area contributed by atoms with Crippen LogP contribution in [0, 0.1) is 17.8 Å². The maximum atomic E-state index is 11.5. The summed E-state index contributed by atoms with van der Waals surface area (Å²) >= 11 is 0. The van der Waals surface area contributed by atoms with Crippen LogP contribution in [0.25, 0.3) is 0 Å². The number of nitrogens with two attached hydrogens (primary N) is 1. The van der Waals surface area contributed by atoms with Crippen molar-refractivity contribution in [3.05, 3.63) is 0 Å². The lowest BCUT2D eigenvalue weighted by molar-refractivity contribution is 0.0839. The maximum absolute atomic E-state index is 11.5. The van der Waals surface area contributed by atoms with Crippen LogP contribution < -0.4 is 11.1 Å². The second-order valence-electron chi connectivity index (χ2n) is 7.39. The number of aliphatic hydroxyl groups is 1. The zero-order valence-corrected chi connectivity index (χ0v) is 12.8. The van der Waals surface area contributed by atoms with Crippen molar-refractivity contribution < 1.29 is 9.90 Å². The lowest BCUT2D eigenvalue weighted by Gasteiger charge is -2.39. The molecular weight excluding hydrogens is 266 g/mol. The van der Waals surface area contributed by atoms with Gasteiger partial charge < -0.3 is 21.1 Å². The van der Waals surface area contributed by atoms with Crippen LogP contribution >= 0.6 is 0 Å². The minimum absolute atomic E-state index is 0.185. The fourth-order valence-corrected chi connectivity index (χ4v) is 3.75. The molecule has 3 atom stereocenters.